The standard InChI is InChI=1S/C17H14N2O2S/c1-10(8-11-2-3-14-12(9-11)4-6-21-14)15-18-16(20)13-5-7-22-17(13)19-15/h2-3,5,7-9H,4,6H2,1H3,(H,18,19,20). The molecular formula is C17H14N2O2S. The van der Waals surface area contributed by atoms with Crippen molar-refractivity contribution >= 4 is 33.2 Å². The molecule has 4 nitrogen and oxygen atoms in total. The summed E-state index contributed by atoms with van der Waals surface area (Å²) in [5, 5.41) is 2.53. The Bertz CT molecular complexity index is 953. The Morgan fingerprint density at radius 1 is 1.41 bits per heavy atom. The predicted octanol–water partition coefficient (Wildman–Crippen LogP) is 3.48. The van der Waals surface area contributed by atoms with Crippen molar-refractivity contribution in [2.75, 3.05) is 6.61 Å². The molecule has 0 unspecified atom stereocenters. The van der Waals surface area contributed by atoms with Gasteiger partial charge < -0.3 is 9.72 Å². The Kier molecular flexibility index (Phi) is 3.08. The molecule has 0 amide bonds. The van der Waals surface area contributed by atoms with Gasteiger partial charge in [-0.3, -0.25) is 4.79 Å². The lowest BCUT2D eigenvalue weighted by atomic mass is 10.1. The lowest BCUT2D eigenvalue weighted by molar-refractivity contribution is 0.357. The van der Waals surface area contributed by atoms with E-state index in [1.807, 2.05) is 30.5 Å². The van der Waals surface area contributed by atoms with Gasteiger partial charge in [-0.2, -0.15) is 0 Å². The molecule has 3 aromatic rings. The van der Waals surface area contributed by atoms with Gasteiger partial charge in [-0.1, -0.05) is 6.07 Å². The van der Waals surface area contributed by atoms with Crippen molar-refractivity contribution in [2.45, 2.75) is 13.3 Å². The minimum Gasteiger partial charge on any atom is -0.493 e. The fourth-order valence-electron chi connectivity index (χ4n) is 2.67. The summed E-state index contributed by atoms with van der Waals surface area (Å²) in [6.45, 7) is 2.72. The van der Waals surface area contributed by atoms with Crippen LogP contribution in [0.4, 0.5) is 0 Å². The van der Waals surface area contributed by atoms with E-state index < -0.39 is 0 Å². The lowest BCUT2D eigenvalue weighted by Crippen LogP contribution is -2.09. The molecule has 2 aromatic heterocycles. The highest BCUT2D eigenvalue weighted by Gasteiger charge is 2.12. The van der Waals surface area contributed by atoms with Crippen LogP contribution >= 0.6 is 11.3 Å². The van der Waals surface area contributed by atoms with Crippen LogP contribution in [0.1, 0.15) is 23.9 Å². The molecular weight excluding hydrogens is 296 g/mol. The van der Waals surface area contributed by atoms with E-state index in [2.05, 4.69) is 16.0 Å². The molecule has 5 heteroatoms. The number of H-pyrrole nitrogens is 1. The van der Waals surface area contributed by atoms with Crippen molar-refractivity contribution in [2.24, 2.45) is 0 Å². The first-order chi connectivity index (χ1) is 10.7. The van der Waals surface area contributed by atoms with Crippen LogP contribution in [0, 0.1) is 0 Å². The quantitative estimate of drug-likeness (QED) is 0.788. The van der Waals surface area contributed by atoms with Crippen molar-refractivity contribution in [1.82, 2.24) is 9.97 Å². The van der Waals surface area contributed by atoms with Gasteiger partial charge >= 0.3 is 0 Å². The summed E-state index contributed by atoms with van der Waals surface area (Å²) in [6.07, 6.45) is 2.99. The number of nitrogens with one attached hydrogen (secondary N) is 1. The van der Waals surface area contributed by atoms with E-state index in [-0.39, 0.29) is 5.56 Å². The van der Waals surface area contributed by atoms with Crippen LogP contribution in [0.25, 0.3) is 21.9 Å². The van der Waals surface area contributed by atoms with Gasteiger partial charge in [-0.05, 0) is 53.3 Å². The third-order valence-corrected chi connectivity index (χ3v) is 4.61. The van der Waals surface area contributed by atoms with Gasteiger partial charge in [-0.25, -0.2) is 4.98 Å². The molecule has 0 aliphatic carbocycles. The number of fused-ring (bicyclic) bond motifs is 2. The second kappa shape index (κ2) is 5.10. The van der Waals surface area contributed by atoms with Crippen LogP contribution in [0.15, 0.2) is 34.4 Å². The Balaban J connectivity index is 1.75. The zero-order valence-corrected chi connectivity index (χ0v) is 12.9. The molecule has 0 saturated heterocycles. The molecule has 0 radical (unpaired) electrons. The molecule has 1 aromatic carbocycles. The number of ether oxygens (including phenoxy) is 1. The van der Waals surface area contributed by atoms with Gasteiger partial charge in [-0.15, -0.1) is 11.3 Å². The summed E-state index contributed by atoms with van der Waals surface area (Å²) in [4.78, 5) is 20.2. The van der Waals surface area contributed by atoms with Crippen LogP contribution in [0.3, 0.4) is 0 Å². The maximum atomic E-state index is 12.0. The topological polar surface area (TPSA) is 55.0 Å². The monoisotopic (exact) mass is 310 g/mol. The number of benzene rings is 1. The van der Waals surface area contributed by atoms with Gasteiger partial charge in [0.25, 0.3) is 5.56 Å². The van der Waals surface area contributed by atoms with Crippen LogP contribution in [-0.4, -0.2) is 16.6 Å². The molecule has 110 valence electrons. The summed E-state index contributed by atoms with van der Waals surface area (Å²) < 4.78 is 5.52. The molecule has 0 saturated carbocycles. The van der Waals surface area contributed by atoms with Gasteiger partial charge in [0.15, 0.2) is 0 Å². The van der Waals surface area contributed by atoms with Crippen molar-refractivity contribution < 1.29 is 4.74 Å². The predicted molar refractivity (Wildman–Crippen MR) is 89.4 cm³/mol. The molecule has 3 heterocycles. The van der Waals surface area contributed by atoms with Gasteiger partial charge in [0.05, 0.1) is 12.0 Å². The molecule has 1 aliphatic rings. The van der Waals surface area contributed by atoms with Crippen LogP contribution < -0.4 is 10.3 Å². The minimum absolute atomic E-state index is 0.0867. The Morgan fingerprint density at radius 3 is 3.23 bits per heavy atom. The molecule has 1 N–H and O–H groups in total. The summed E-state index contributed by atoms with van der Waals surface area (Å²) in [5.74, 6) is 1.60. The van der Waals surface area contributed by atoms with E-state index in [0.29, 0.717) is 11.2 Å². The van der Waals surface area contributed by atoms with E-state index in [0.717, 1.165) is 34.7 Å². The summed E-state index contributed by atoms with van der Waals surface area (Å²) in [6, 6.07) is 7.96. The maximum Gasteiger partial charge on any atom is 0.259 e. The number of aromatic amines is 1. The average Bonchev–Trinajstić information content (AvgIpc) is 3.15. The van der Waals surface area contributed by atoms with Crippen molar-refractivity contribution in [3.63, 3.8) is 0 Å². The summed E-state index contributed by atoms with van der Waals surface area (Å²) in [5.41, 5.74) is 3.18. The average molecular weight is 310 g/mol. The minimum atomic E-state index is -0.0867. The Hall–Kier alpha value is -2.40. The zero-order valence-electron chi connectivity index (χ0n) is 12.1. The van der Waals surface area contributed by atoms with E-state index in [1.54, 1.807) is 6.07 Å². The molecule has 0 spiro atoms. The zero-order chi connectivity index (χ0) is 15.1. The van der Waals surface area contributed by atoms with Crippen LogP contribution in [-0.2, 0) is 6.42 Å². The first-order valence-corrected chi connectivity index (χ1v) is 8.00. The second-order valence-corrected chi connectivity index (χ2v) is 6.24. The van der Waals surface area contributed by atoms with Gasteiger partial charge in [0.2, 0.25) is 0 Å². The number of aromatic nitrogens is 2. The van der Waals surface area contributed by atoms with E-state index in [1.165, 1.54) is 16.9 Å². The maximum absolute atomic E-state index is 12.0. The van der Waals surface area contributed by atoms with Crippen LogP contribution in [0.2, 0.25) is 0 Å². The highest BCUT2D eigenvalue weighted by atomic mass is 32.1. The second-order valence-electron chi connectivity index (χ2n) is 5.35. The van der Waals surface area contributed by atoms with E-state index in [4.69, 9.17) is 4.74 Å². The Labute approximate surface area is 131 Å². The third kappa shape index (κ3) is 2.23. The van der Waals surface area contributed by atoms with Crippen molar-refractivity contribution in [3.05, 3.63) is 57.0 Å². The molecule has 22 heavy (non-hydrogen) atoms. The first-order valence-electron chi connectivity index (χ1n) is 7.12. The highest BCUT2D eigenvalue weighted by molar-refractivity contribution is 7.16. The fraction of sp³-hybridized carbons (Fsp3) is 0.176. The fourth-order valence-corrected chi connectivity index (χ4v) is 3.43. The molecule has 0 fully saturated rings. The SMILES string of the molecule is CC(=Cc1ccc2c(c1)CCO2)c1nc2sccc2c(=O)[nH]1. The van der Waals surface area contributed by atoms with E-state index >= 15 is 0 Å². The first kappa shape index (κ1) is 13.3. The molecule has 4 rings (SSSR count). The third-order valence-electron chi connectivity index (χ3n) is 3.80. The highest BCUT2D eigenvalue weighted by Crippen LogP contribution is 2.27. The number of nitrogens with zero attached hydrogens (tertiary/aromatic N) is 1. The molecule has 0 atom stereocenters. The normalized spacial score (nSPS) is 14.1. The smallest absolute Gasteiger partial charge is 0.259 e. The molecule has 1 aliphatic heterocycles. The van der Waals surface area contributed by atoms with Gasteiger partial charge in [0, 0.05) is 6.42 Å². The largest absolute Gasteiger partial charge is 0.493 e. The van der Waals surface area contributed by atoms with Crippen molar-refractivity contribution in [3.8, 4) is 5.75 Å². The summed E-state index contributed by atoms with van der Waals surface area (Å²) in [7, 11) is 0. The number of hydrogen-bond acceptors (Lipinski definition) is 4. The lowest BCUT2D eigenvalue weighted by Gasteiger charge is -2.03. The summed E-state index contributed by atoms with van der Waals surface area (Å²) >= 11 is 1.48. The van der Waals surface area contributed by atoms with Gasteiger partial charge in [0.1, 0.15) is 16.4 Å². The number of thiophene rings is 1. The number of allylic oxidation sites excluding steroid dienone is 1. The van der Waals surface area contributed by atoms with Crippen molar-refractivity contribution in [1.29, 1.82) is 0 Å². The number of rotatable bonds is 2. The Morgan fingerprint density at radius 2 is 2.32 bits per heavy atom. The number of hydrogen-bond donors (Lipinski definition) is 1. The van der Waals surface area contributed by atoms with Crippen LogP contribution in [0.5, 0.6) is 5.75 Å². The molecule has 0 bridgehead atoms. The van der Waals surface area contributed by atoms with E-state index in [9.17, 15) is 4.79 Å².